The van der Waals surface area contributed by atoms with Crippen molar-refractivity contribution >= 4 is 27.8 Å². The standard InChI is InChI=1S/C21H25BrFNO3/c1-27-18(25)7-17(15-2-4-16(23)5-3-15)24-19(26)20-8-13-6-14(9-20)11-21(22,10-13)12-20/h2-5,13-14,17H,6-12H2,1H3,(H,24,26). The van der Waals surface area contributed by atoms with Crippen LogP contribution in [0.4, 0.5) is 4.39 Å². The van der Waals surface area contributed by atoms with Gasteiger partial charge in [-0.1, -0.05) is 28.1 Å². The summed E-state index contributed by atoms with van der Waals surface area (Å²) in [5.74, 6) is 0.484. The lowest BCUT2D eigenvalue weighted by Gasteiger charge is -2.59. The average molecular weight is 438 g/mol. The van der Waals surface area contributed by atoms with E-state index in [-0.39, 0.29) is 27.9 Å². The molecule has 4 aliphatic carbocycles. The van der Waals surface area contributed by atoms with E-state index in [4.69, 9.17) is 4.74 Å². The fraction of sp³-hybridized carbons (Fsp3) is 0.619. The fourth-order valence-electron chi connectivity index (χ4n) is 5.93. The van der Waals surface area contributed by atoms with Gasteiger partial charge in [0.15, 0.2) is 0 Å². The molecule has 4 nitrogen and oxygen atoms in total. The van der Waals surface area contributed by atoms with Crippen molar-refractivity contribution in [2.45, 2.75) is 55.3 Å². The van der Waals surface area contributed by atoms with Crippen LogP contribution in [0.1, 0.15) is 56.6 Å². The lowest BCUT2D eigenvalue weighted by atomic mass is 9.49. The Morgan fingerprint density at radius 1 is 1.22 bits per heavy atom. The molecule has 146 valence electrons. The van der Waals surface area contributed by atoms with Gasteiger partial charge >= 0.3 is 5.97 Å². The van der Waals surface area contributed by atoms with Crippen molar-refractivity contribution in [3.05, 3.63) is 35.6 Å². The number of carbonyl (C=O) groups excluding carboxylic acids is 2. The molecule has 0 aromatic heterocycles. The van der Waals surface area contributed by atoms with Crippen LogP contribution >= 0.6 is 15.9 Å². The van der Waals surface area contributed by atoms with Crippen LogP contribution in [-0.4, -0.2) is 23.3 Å². The Labute approximate surface area is 167 Å². The zero-order valence-electron chi connectivity index (χ0n) is 15.5. The normalized spacial score (nSPS) is 34.9. The van der Waals surface area contributed by atoms with Gasteiger partial charge in [-0.05, 0) is 68.1 Å². The van der Waals surface area contributed by atoms with Crippen LogP contribution < -0.4 is 5.32 Å². The Hall–Kier alpha value is -1.43. The van der Waals surface area contributed by atoms with Crippen molar-refractivity contribution in [2.24, 2.45) is 17.3 Å². The van der Waals surface area contributed by atoms with Crippen LogP contribution in [0.2, 0.25) is 0 Å². The molecular weight excluding hydrogens is 413 g/mol. The highest BCUT2D eigenvalue weighted by Gasteiger charge is 2.59. The van der Waals surface area contributed by atoms with Gasteiger partial charge in [-0.25, -0.2) is 4.39 Å². The van der Waals surface area contributed by atoms with E-state index in [9.17, 15) is 14.0 Å². The Bertz CT molecular complexity index is 736. The van der Waals surface area contributed by atoms with Gasteiger partial charge in [-0.3, -0.25) is 9.59 Å². The van der Waals surface area contributed by atoms with Crippen molar-refractivity contribution in [1.82, 2.24) is 5.32 Å². The number of hydrogen-bond donors (Lipinski definition) is 1. The second-order valence-corrected chi connectivity index (χ2v) is 10.4. The van der Waals surface area contributed by atoms with Gasteiger partial charge in [0.1, 0.15) is 5.82 Å². The van der Waals surface area contributed by atoms with Crippen molar-refractivity contribution in [2.75, 3.05) is 7.11 Å². The maximum atomic E-state index is 13.4. The molecule has 4 bridgehead atoms. The fourth-order valence-corrected chi connectivity index (χ4v) is 7.38. The first-order valence-corrected chi connectivity index (χ1v) is 10.4. The summed E-state index contributed by atoms with van der Waals surface area (Å²) in [5.41, 5.74) is 0.357. The summed E-state index contributed by atoms with van der Waals surface area (Å²) < 4.78 is 18.2. The molecule has 0 radical (unpaired) electrons. The number of benzene rings is 1. The molecule has 4 aliphatic rings. The molecule has 5 rings (SSSR count). The SMILES string of the molecule is COC(=O)CC(NC(=O)C12CC3CC(CC(Br)(C3)C1)C2)c1ccc(F)cc1. The minimum absolute atomic E-state index is 0.0265. The third kappa shape index (κ3) is 3.65. The molecule has 4 saturated carbocycles. The monoisotopic (exact) mass is 437 g/mol. The van der Waals surface area contributed by atoms with E-state index in [2.05, 4.69) is 21.2 Å². The van der Waals surface area contributed by atoms with E-state index in [1.165, 1.54) is 25.7 Å². The van der Waals surface area contributed by atoms with Gasteiger partial charge < -0.3 is 10.1 Å². The number of alkyl halides is 1. The minimum atomic E-state index is -0.509. The largest absolute Gasteiger partial charge is 0.469 e. The van der Waals surface area contributed by atoms with E-state index < -0.39 is 12.0 Å². The number of ether oxygens (including phenoxy) is 1. The number of carbonyl (C=O) groups is 2. The van der Waals surface area contributed by atoms with Crippen molar-refractivity contribution in [1.29, 1.82) is 0 Å². The number of amides is 1. The second kappa shape index (κ2) is 6.87. The molecule has 6 heteroatoms. The molecule has 0 spiro atoms. The molecule has 3 unspecified atom stereocenters. The van der Waals surface area contributed by atoms with Crippen molar-refractivity contribution in [3.8, 4) is 0 Å². The second-order valence-electron chi connectivity index (χ2n) is 8.75. The number of esters is 1. The number of rotatable bonds is 5. The molecule has 0 aliphatic heterocycles. The predicted octanol–water partition coefficient (Wildman–Crippen LogP) is 4.28. The van der Waals surface area contributed by atoms with Crippen LogP contribution in [0.3, 0.4) is 0 Å². The number of methoxy groups -OCH3 is 1. The first-order chi connectivity index (χ1) is 12.8. The minimum Gasteiger partial charge on any atom is -0.469 e. The van der Waals surface area contributed by atoms with Crippen LogP contribution in [0.5, 0.6) is 0 Å². The molecule has 1 N–H and O–H groups in total. The van der Waals surface area contributed by atoms with E-state index in [0.717, 1.165) is 32.1 Å². The van der Waals surface area contributed by atoms with Crippen LogP contribution in [0.15, 0.2) is 24.3 Å². The summed E-state index contributed by atoms with van der Waals surface area (Å²) in [6, 6.07) is 5.43. The maximum absolute atomic E-state index is 13.4. The smallest absolute Gasteiger partial charge is 0.307 e. The number of halogens is 2. The summed E-state index contributed by atoms with van der Waals surface area (Å²) in [7, 11) is 1.33. The molecule has 3 atom stereocenters. The highest BCUT2D eigenvalue weighted by Crippen LogP contribution is 2.64. The predicted molar refractivity (Wildman–Crippen MR) is 103 cm³/mol. The Morgan fingerprint density at radius 3 is 2.41 bits per heavy atom. The molecule has 1 amide bonds. The van der Waals surface area contributed by atoms with Gasteiger partial charge in [-0.2, -0.15) is 0 Å². The Kier molecular flexibility index (Phi) is 4.81. The maximum Gasteiger partial charge on any atom is 0.307 e. The van der Waals surface area contributed by atoms with Gasteiger partial charge in [-0.15, -0.1) is 0 Å². The van der Waals surface area contributed by atoms with Gasteiger partial charge in [0.25, 0.3) is 0 Å². The van der Waals surface area contributed by atoms with Gasteiger partial charge in [0.05, 0.1) is 25.0 Å². The first-order valence-electron chi connectivity index (χ1n) is 9.63. The lowest BCUT2D eigenvalue weighted by molar-refractivity contribution is -0.146. The lowest BCUT2D eigenvalue weighted by Crippen LogP contribution is -2.58. The molecule has 4 fully saturated rings. The Balaban J connectivity index is 1.56. The Morgan fingerprint density at radius 2 is 1.85 bits per heavy atom. The third-order valence-electron chi connectivity index (χ3n) is 6.65. The van der Waals surface area contributed by atoms with E-state index in [0.29, 0.717) is 17.4 Å². The van der Waals surface area contributed by atoms with Crippen molar-refractivity contribution in [3.63, 3.8) is 0 Å². The van der Waals surface area contributed by atoms with Crippen LogP contribution in [0, 0.1) is 23.1 Å². The molecule has 27 heavy (non-hydrogen) atoms. The van der Waals surface area contributed by atoms with Crippen molar-refractivity contribution < 1.29 is 18.7 Å². The molecule has 0 saturated heterocycles. The molecular formula is C21H25BrFNO3. The van der Waals surface area contributed by atoms with E-state index in [1.807, 2.05) is 0 Å². The molecule has 0 heterocycles. The molecule has 1 aromatic rings. The highest BCUT2D eigenvalue weighted by molar-refractivity contribution is 9.10. The van der Waals surface area contributed by atoms with E-state index in [1.54, 1.807) is 12.1 Å². The summed E-state index contributed by atoms with van der Waals surface area (Å²) >= 11 is 3.94. The highest BCUT2D eigenvalue weighted by atomic mass is 79.9. The number of nitrogens with one attached hydrogen (secondary N) is 1. The quantitative estimate of drug-likeness (QED) is 0.552. The van der Waals surface area contributed by atoms with Crippen LogP contribution in [0.25, 0.3) is 0 Å². The van der Waals surface area contributed by atoms with E-state index >= 15 is 0 Å². The zero-order valence-corrected chi connectivity index (χ0v) is 17.1. The summed E-state index contributed by atoms with van der Waals surface area (Å²) in [6.07, 6.45) is 6.29. The van der Waals surface area contributed by atoms with Gasteiger partial charge in [0.2, 0.25) is 5.91 Å². The zero-order chi connectivity index (χ0) is 19.2. The van der Waals surface area contributed by atoms with Gasteiger partial charge in [0, 0.05) is 4.32 Å². The topological polar surface area (TPSA) is 55.4 Å². The van der Waals surface area contributed by atoms with Crippen LogP contribution in [-0.2, 0) is 14.3 Å². The number of hydrogen-bond acceptors (Lipinski definition) is 3. The summed E-state index contributed by atoms with van der Waals surface area (Å²) in [5, 5.41) is 3.11. The molecule has 1 aromatic carbocycles. The third-order valence-corrected chi connectivity index (χ3v) is 7.58. The first kappa shape index (κ1) is 18.9. The average Bonchev–Trinajstić information content (AvgIpc) is 2.59. The summed E-state index contributed by atoms with van der Waals surface area (Å²) in [4.78, 5) is 25.3. The summed E-state index contributed by atoms with van der Waals surface area (Å²) in [6.45, 7) is 0.